The van der Waals surface area contributed by atoms with Crippen molar-refractivity contribution in [2.24, 2.45) is 5.92 Å². The van der Waals surface area contributed by atoms with Crippen LogP contribution in [0.2, 0.25) is 0 Å². The number of aliphatic hydroxyl groups excluding tert-OH is 1. The molecule has 0 radical (unpaired) electrons. The van der Waals surface area contributed by atoms with Crippen LogP contribution < -0.4 is 5.56 Å². The molecule has 0 saturated carbocycles. The maximum atomic E-state index is 12.6. The van der Waals surface area contributed by atoms with Crippen LogP contribution in [0.25, 0.3) is 11.3 Å². The number of fused-ring (bicyclic) bond motifs is 1. The molecule has 3 rings (SSSR count). The Hall–Kier alpha value is -2.17. The largest absolute Gasteiger partial charge is 0.396 e. The summed E-state index contributed by atoms with van der Waals surface area (Å²) in [5, 5.41) is 19.3. The van der Waals surface area contributed by atoms with Gasteiger partial charge in [0.2, 0.25) is 0 Å². The smallest absolute Gasteiger partial charge is 0.255 e. The fourth-order valence-electron chi connectivity index (χ4n) is 2.76. The summed E-state index contributed by atoms with van der Waals surface area (Å²) in [6.07, 6.45) is 1.73. The molecule has 6 nitrogen and oxygen atoms in total. The van der Waals surface area contributed by atoms with Gasteiger partial charge in [-0.05, 0) is 12.1 Å². The second kappa shape index (κ2) is 6.62. The minimum atomic E-state index is -0.684. The SMILES string of the molecule is CC(C)(C)c1ccc(-c2cc(=O)n3c(n2)SCC(CO)C3C#N)cn1. The van der Waals surface area contributed by atoms with Gasteiger partial charge in [0, 0.05) is 47.2 Å². The number of thioether (sulfide) groups is 1. The van der Waals surface area contributed by atoms with E-state index in [4.69, 9.17) is 0 Å². The molecule has 25 heavy (non-hydrogen) atoms. The van der Waals surface area contributed by atoms with Gasteiger partial charge in [-0.2, -0.15) is 5.26 Å². The van der Waals surface area contributed by atoms with Crippen LogP contribution in [-0.2, 0) is 5.41 Å². The number of nitrogens with zero attached hydrogens (tertiary/aromatic N) is 4. The Labute approximate surface area is 150 Å². The summed E-state index contributed by atoms with van der Waals surface area (Å²) in [4.78, 5) is 21.6. The molecular formula is C18H20N4O2S. The Morgan fingerprint density at radius 1 is 1.44 bits per heavy atom. The lowest BCUT2D eigenvalue weighted by atomic mass is 9.91. The average Bonchev–Trinajstić information content (AvgIpc) is 2.59. The molecule has 130 valence electrons. The van der Waals surface area contributed by atoms with Crippen LogP contribution in [0.4, 0.5) is 0 Å². The first kappa shape index (κ1) is 17.6. The van der Waals surface area contributed by atoms with Gasteiger partial charge in [0.1, 0.15) is 6.04 Å². The maximum Gasteiger partial charge on any atom is 0.255 e. The Balaban J connectivity index is 2.03. The quantitative estimate of drug-likeness (QED) is 0.831. The number of pyridine rings is 1. The first-order valence-corrected chi connectivity index (χ1v) is 9.07. The highest BCUT2D eigenvalue weighted by Crippen LogP contribution is 2.33. The van der Waals surface area contributed by atoms with Crippen molar-refractivity contribution in [1.82, 2.24) is 14.5 Å². The number of hydrogen-bond acceptors (Lipinski definition) is 6. The lowest BCUT2D eigenvalue weighted by molar-refractivity contribution is 0.203. The van der Waals surface area contributed by atoms with Crippen molar-refractivity contribution in [2.45, 2.75) is 37.4 Å². The first-order valence-electron chi connectivity index (χ1n) is 8.09. The number of hydrogen-bond donors (Lipinski definition) is 1. The third-order valence-corrected chi connectivity index (χ3v) is 5.41. The molecule has 3 heterocycles. The molecule has 0 amide bonds. The summed E-state index contributed by atoms with van der Waals surface area (Å²) in [5.41, 5.74) is 1.96. The summed E-state index contributed by atoms with van der Waals surface area (Å²) in [6, 6.07) is 6.73. The van der Waals surface area contributed by atoms with Gasteiger partial charge in [0.05, 0.1) is 11.8 Å². The van der Waals surface area contributed by atoms with E-state index < -0.39 is 6.04 Å². The van der Waals surface area contributed by atoms with E-state index in [1.54, 1.807) is 6.20 Å². The van der Waals surface area contributed by atoms with Crippen LogP contribution in [0.5, 0.6) is 0 Å². The van der Waals surface area contributed by atoms with Gasteiger partial charge >= 0.3 is 0 Å². The highest BCUT2D eigenvalue weighted by Gasteiger charge is 2.31. The summed E-state index contributed by atoms with van der Waals surface area (Å²) in [5.74, 6) is 0.298. The molecule has 0 bridgehead atoms. The Kier molecular flexibility index (Phi) is 4.67. The fraction of sp³-hybridized carbons (Fsp3) is 0.444. The highest BCUT2D eigenvalue weighted by molar-refractivity contribution is 7.99. The van der Waals surface area contributed by atoms with Gasteiger partial charge in [0.15, 0.2) is 5.16 Å². The van der Waals surface area contributed by atoms with Crippen LogP contribution in [0.15, 0.2) is 34.3 Å². The highest BCUT2D eigenvalue weighted by atomic mass is 32.2. The number of aromatic nitrogens is 3. The van der Waals surface area contributed by atoms with Gasteiger partial charge in [-0.15, -0.1) is 0 Å². The second-order valence-corrected chi connectivity index (χ2v) is 8.13. The minimum absolute atomic E-state index is 0.0451. The summed E-state index contributed by atoms with van der Waals surface area (Å²) < 4.78 is 1.38. The molecule has 7 heteroatoms. The van der Waals surface area contributed by atoms with E-state index in [1.807, 2.05) is 12.1 Å². The predicted octanol–water partition coefficient (Wildman–Crippen LogP) is 2.38. The first-order chi connectivity index (χ1) is 11.8. The second-order valence-electron chi connectivity index (χ2n) is 7.14. The molecule has 0 fully saturated rings. The molecule has 2 unspecified atom stereocenters. The number of aliphatic hydroxyl groups is 1. The van der Waals surface area contributed by atoms with E-state index in [-0.39, 0.29) is 23.5 Å². The monoisotopic (exact) mass is 356 g/mol. The molecule has 0 aromatic carbocycles. The van der Waals surface area contributed by atoms with Crippen molar-refractivity contribution in [3.05, 3.63) is 40.4 Å². The van der Waals surface area contributed by atoms with Gasteiger partial charge in [-0.3, -0.25) is 14.3 Å². The van der Waals surface area contributed by atoms with Crippen molar-refractivity contribution in [3.63, 3.8) is 0 Å². The van der Waals surface area contributed by atoms with E-state index in [9.17, 15) is 15.2 Å². The van der Waals surface area contributed by atoms with Crippen LogP contribution in [0.1, 0.15) is 32.5 Å². The standard InChI is InChI=1S/C18H20N4O2S/c1-18(2,3)15-5-4-11(8-20-15)13-6-16(24)22-14(7-19)12(9-23)10-25-17(22)21-13/h4-6,8,12,14,23H,9-10H2,1-3H3. The minimum Gasteiger partial charge on any atom is -0.396 e. The molecule has 0 aliphatic carbocycles. The zero-order valence-electron chi connectivity index (χ0n) is 14.4. The van der Waals surface area contributed by atoms with E-state index in [2.05, 4.69) is 36.8 Å². The fourth-order valence-corrected chi connectivity index (χ4v) is 3.92. The lowest BCUT2D eigenvalue weighted by Gasteiger charge is -2.28. The topological polar surface area (TPSA) is 91.8 Å². The van der Waals surface area contributed by atoms with E-state index >= 15 is 0 Å². The zero-order valence-corrected chi connectivity index (χ0v) is 15.2. The zero-order chi connectivity index (χ0) is 18.2. The molecule has 0 spiro atoms. The van der Waals surface area contributed by atoms with E-state index in [1.165, 1.54) is 22.4 Å². The molecule has 2 aromatic rings. The van der Waals surface area contributed by atoms with Gasteiger partial charge < -0.3 is 5.11 Å². The Morgan fingerprint density at radius 2 is 2.20 bits per heavy atom. The summed E-state index contributed by atoms with van der Waals surface area (Å²) >= 11 is 1.39. The van der Waals surface area contributed by atoms with E-state index in [0.29, 0.717) is 16.6 Å². The summed E-state index contributed by atoms with van der Waals surface area (Å²) in [6.45, 7) is 6.15. The van der Waals surface area contributed by atoms with Crippen molar-refractivity contribution < 1.29 is 5.11 Å². The number of nitriles is 1. The Morgan fingerprint density at radius 3 is 2.76 bits per heavy atom. The van der Waals surface area contributed by atoms with Crippen molar-refractivity contribution in [2.75, 3.05) is 12.4 Å². The molecule has 1 N–H and O–H groups in total. The van der Waals surface area contributed by atoms with Gasteiger partial charge in [-0.1, -0.05) is 32.5 Å². The molecule has 1 aliphatic rings. The lowest BCUT2D eigenvalue weighted by Crippen LogP contribution is -2.36. The third kappa shape index (κ3) is 3.32. The molecular weight excluding hydrogens is 336 g/mol. The third-order valence-electron chi connectivity index (χ3n) is 4.27. The molecule has 2 aromatic heterocycles. The van der Waals surface area contributed by atoms with Crippen molar-refractivity contribution in [1.29, 1.82) is 5.26 Å². The van der Waals surface area contributed by atoms with Crippen LogP contribution in [0.3, 0.4) is 0 Å². The summed E-state index contributed by atoms with van der Waals surface area (Å²) in [7, 11) is 0. The van der Waals surface area contributed by atoms with Crippen molar-refractivity contribution >= 4 is 11.8 Å². The van der Waals surface area contributed by atoms with Crippen LogP contribution >= 0.6 is 11.8 Å². The van der Waals surface area contributed by atoms with Crippen LogP contribution in [-0.4, -0.2) is 32.0 Å². The predicted molar refractivity (Wildman–Crippen MR) is 96.4 cm³/mol. The molecule has 2 atom stereocenters. The van der Waals surface area contributed by atoms with Crippen LogP contribution in [0, 0.1) is 17.2 Å². The van der Waals surface area contributed by atoms with Gasteiger partial charge in [0.25, 0.3) is 5.56 Å². The normalized spacial score (nSPS) is 20.0. The maximum absolute atomic E-state index is 12.6. The Bertz CT molecular complexity index is 878. The van der Waals surface area contributed by atoms with E-state index in [0.717, 1.165) is 11.3 Å². The number of rotatable bonds is 2. The van der Waals surface area contributed by atoms with Gasteiger partial charge in [-0.25, -0.2) is 4.98 Å². The average molecular weight is 356 g/mol. The van der Waals surface area contributed by atoms with Crippen molar-refractivity contribution in [3.8, 4) is 17.3 Å². The molecule has 1 aliphatic heterocycles. The molecule has 0 saturated heterocycles.